The second kappa shape index (κ2) is 6.26. The molecule has 0 spiro atoms. The van der Waals surface area contributed by atoms with Crippen LogP contribution in [-0.4, -0.2) is 31.7 Å². The van der Waals surface area contributed by atoms with E-state index in [9.17, 15) is 18.0 Å². The zero-order chi connectivity index (χ0) is 16.4. The maximum atomic E-state index is 12.0. The number of nitrogens with one attached hydrogen (secondary N) is 1. The van der Waals surface area contributed by atoms with Crippen LogP contribution in [0.3, 0.4) is 0 Å². The van der Waals surface area contributed by atoms with Crippen LogP contribution in [0.15, 0.2) is 23.1 Å². The van der Waals surface area contributed by atoms with E-state index in [0.29, 0.717) is 11.3 Å². The quantitative estimate of drug-likeness (QED) is 0.861. The fourth-order valence-corrected chi connectivity index (χ4v) is 2.30. The van der Waals surface area contributed by atoms with E-state index >= 15 is 0 Å². The Labute approximate surface area is 124 Å². The molecule has 0 fully saturated rings. The molecule has 0 heterocycles. The topological polar surface area (TPSA) is 101 Å². The number of carboxylic acids is 1. The summed E-state index contributed by atoms with van der Waals surface area (Å²) in [5.74, 6) is -3.08. The molecule has 0 bridgehead atoms. The summed E-state index contributed by atoms with van der Waals surface area (Å²) in [7, 11) is -3.37. The molecule has 2 N–H and O–H groups in total. The smallest absolute Gasteiger partial charge is 0.307 e. The molecule has 1 aromatic rings. The minimum atomic E-state index is -3.37. The number of hydrogen-bond acceptors (Lipinski definition) is 4. The van der Waals surface area contributed by atoms with E-state index in [1.165, 1.54) is 26.0 Å². The van der Waals surface area contributed by atoms with Crippen molar-refractivity contribution in [1.82, 2.24) is 0 Å². The number of anilines is 1. The van der Waals surface area contributed by atoms with Gasteiger partial charge in [0.1, 0.15) is 0 Å². The van der Waals surface area contributed by atoms with Gasteiger partial charge in [-0.3, -0.25) is 9.59 Å². The summed E-state index contributed by atoms with van der Waals surface area (Å²) in [6.07, 6.45) is 1.08. The van der Waals surface area contributed by atoms with E-state index in [4.69, 9.17) is 5.11 Å². The zero-order valence-electron chi connectivity index (χ0n) is 12.4. The van der Waals surface area contributed by atoms with Crippen LogP contribution in [0.5, 0.6) is 0 Å². The van der Waals surface area contributed by atoms with E-state index in [1.807, 2.05) is 0 Å². The molecule has 1 aromatic carbocycles. The van der Waals surface area contributed by atoms with Gasteiger partial charge in [-0.15, -0.1) is 0 Å². The van der Waals surface area contributed by atoms with E-state index in [-0.39, 0.29) is 4.90 Å². The number of carbonyl (C=O) groups is 2. The molecule has 0 aliphatic carbocycles. The lowest BCUT2D eigenvalue weighted by Gasteiger charge is -2.17. The van der Waals surface area contributed by atoms with Crippen molar-refractivity contribution in [3.05, 3.63) is 23.8 Å². The van der Waals surface area contributed by atoms with E-state index < -0.39 is 33.5 Å². The number of sulfone groups is 1. The third-order valence-corrected chi connectivity index (χ3v) is 4.56. The summed E-state index contributed by atoms with van der Waals surface area (Å²) in [6.45, 7) is 4.70. The first-order valence-corrected chi connectivity index (χ1v) is 8.27. The van der Waals surface area contributed by atoms with Crippen molar-refractivity contribution >= 4 is 27.4 Å². The fourth-order valence-electron chi connectivity index (χ4n) is 1.65. The van der Waals surface area contributed by atoms with Gasteiger partial charge in [0.15, 0.2) is 9.84 Å². The summed E-state index contributed by atoms with van der Waals surface area (Å²) in [5.41, 5.74) is 1.07. The molecular weight excluding hydrogens is 294 g/mol. The molecule has 0 saturated carbocycles. The number of aliphatic carboxylic acids is 1. The third-order valence-electron chi connectivity index (χ3n) is 3.45. The van der Waals surface area contributed by atoms with Gasteiger partial charge >= 0.3 is 5.97 Å². The molecule has 1 amide bonds. The average molecular weight is 313 g/mol. The van der Waals surface area contributed by atoms with Crippen LogP contribution < -0.4 is 5.32 Å². The van der Waals surface area contributed by atoms with Gasteiger partial charge in [-0.25, -0.2) is 8.42 Å². The predicted molar refractivity (Wildman–Crippen MR) is 78.9 cm³/mol. The van der Waals surface area contributed by atoms with Gasteiger partial charge in [0.25, 0.3) is 0 Å². The molecule has 2 unspecified atom stereocenters. The third kappa shape index (κ3) is 4.29. The zero-order valence-corrected chi connectivity index (χ0v) is 13.2. The standard InChI is InChI=1S/C14H19NO5S/c1-8-5-6-11(21(4,19)20)7-12(8)15-13(16)9(2)10(3)14(17)18/h5-7,9-10H,1-4H3,(H,15,16)(H,17,18). The van der Waals surface area contributed by atoms with Crippen LogP contribution in [0.2, 0.25) is 0 Å². The van der Waals surface area contributed by atoms with Gasteiger partial charge in [0.2, 0.25) is 5.91 Å². The summed E-state index contributed by atoms with van der Waals surface area (Å²) in [5, 5.41) is 11.5. The van der Waals surface area contributed by atoms with Crippen molar-refractivity contribution in [2.45, 2.75) is 25.7 Å². The normalized spacial score (nSPS) is 14.3. The summed E-state index contributed by atoms with van der Waals surface area (Å²) < 4.78 is 23.0. The van der Waals surface area contributed by atoms with E-state index in [0.717, 1.165) is 6.26 Å². The number of hydrogen-bond donors (Lipinski definition) is 2. The summed E-state index contributed by atoms with van der Waals surface area (Å²) in [6, 6.07) is 4.43. The van der Waals surface area contributed by atoms with Crippen molar-refractivity contribution in [2.75, 3.05) is 11.6 Å². The Balaban J connectivity index is 3.03. The van der Waals surface area contributed by atoms with E-state index in [1.54, 1.807) is 13.0 Å². The van der Waals surface area contributed by atoms with Crippen molar-refractivity contribution in [3.8, 4) is 0 Å². The van der Waals surface area contributed by atoms with Crippen LogP contribution in [-0.2, 0) is 19.4 Å². The highest BCUT2D eigenvalue weighted by molar-refractivity contribution is 7.90. The maximum Gasteiger partial charge on any atom is 0.307 e. The Morgan fingerprint density at radius 3 is 2.24 bits per heavy atom. The molecular formula is C14H19NO5S. The average Bonchev–Trinajstić information content (AvgIpc) is 2.37. The fraction of sp³-hybridized carbons (Fsp3) is 0.429. The van der Waals surface area contributed by atoms with Gasteiger partial charge in [0.05, 0.1) is 10.8 Å². The Morgan fingerprint density at radius 2 is 1.76 bits per heavy atom. The highest BCUT2D eigenvalue weighted by Crippen LogP contribution is 2.22. The molecule has 0 aliphatic rings. The number of carbonyl (C=O) groups excluding carboxylic acids is 1. The molecule has 2 atom stereocenters. The second-order valence-corrected chi connectivity index (χ2v) is 7.17. The minimum Gasteiger partial charge on any atom is -0.481 e. The lowest BCUT2D eigenvalue weighted by Crippen LogP contribution is -2.30. The Hall–Kier alpha value is -1.89. The van der Waals surface area contributed by atoms with Gasteiger partial charge in [-0.2, -0.15) is 0 Å². The summed E-state index contributed by atoms with van der Waals surface area (Å²) >= 11 is 0. The highest BCUT2D eigenvalue weighted by atomic mass is 32.2. The van der Waals surface area contributed by atoms with Crippen molar-refractivity contribution in [3.63, 3.8) is 0 Å². The molecule has 0 saturated heterocycles. The molecule has 116 valence electrons. The van der Waals surface area contributed by atoms with Gasteiger partial charge in [-0.1, -0.05) is 19.9 Å². The monoisotopic (exact) mass is 313 g/mol. The van der Waals surface area contributed by atoms with E-state index in [2.05, 4.69) is 5.32 Å². The van der Waals surface area contributed by atoms with Crippen LogP contribution in [0.4, 0.5) is 5.69 Å². The van der Waals surface area contributed by atoms with Crippen LogP contribution in [0.1, 0.15) is 19.4 Å². The Kier molecular flexibility index (Phi) is 5.11. The first-order chi connectivity index (χ1) is 9.54. The van der Waals surface area contributed by atoms with Crippen LogP contribution in [0.25, 0.3) is 0 Å². The molecule has 1 rings (SSSR count). The minimum absolute atomic E-state index is 0.0994. The first kappa shape index (κ1) is 17.2. The number of carboxylic acid groups (broad SMARTS) is 1. The molecule has 7 heteroatoms. The van der Waals surface area contributed by atoms with Crippen molar-refractivity contribution < 1.29 is 23.1 Å². The van der Waals surface area contributed by atoms with Gasteiger partial charge < -0.3 is 10.4 Å². The lowest BCUT2D eigenvalue weighted by molar-refractivity contribution is -0.145. The number of benzene rings is 1. The number of amides is 1. The molecule has 6 nitrogen and oxygen atoms in total. The van der Waals surface area contributed by atoms with Crippen molar-refractivity contribution in [2.24, 2.45) is 11.8 Å². The molecule has 0 aliphatic heterocycles. The van der Waals surface area contributed by atoms with Crippen LogP contribution in [0, 0.1) is 18.8 Å². The second-order valence-electron chi connectivity index (χ2n) is 5.15. The molecule has 21 heavy (non-hydrogen) atoms. The number of aryl methyl sites for hydroxylation is 1. The molecule has 0 radical (unpaired) electrons. The highest BCUT2D eigenvalue weighted by Gasteiger charge is 2.26. The SMILES string of the molecule is Cc1ccc(S(C)(=O)=O)cc1NC(=O)C(C)C(C)C(=O)O. The molecule has 0 aromatic heterocycles. The Bertz CT molecular complexity index is 666. The summed E-state index contributed by atoms with van der Waals surface area (Å²) in [4.78, 5) is 23.0. The largest absolute Gasteiger partial charge is 0.481 e. The van der Waals surface area contributed by atoms with Crippen molar-refractivity contribution in [1.29, 1.82) is 0 Å². The van der Waals surface area contributed by atoms with Gasteiger partial charge in [0, 0.05) is 17.9 Å². The van der Waals surface area contributed by atoms with Gasteiger partial charge in [-0.05, 0) is 24.6 Å². The first-order valence-electron chi connectivity index (χ1n) is 6.38. The lowest BCUT2D eigenvalue weighted by atomic mass is 9.95. The predicted octanol–water partition coefficient (Wildman–Crippen LogP) is 1.69. The van der Waals surface area contributed by atoms with Crippen LogP contribution >= 0.6 is 0 Å². The Morgan fingerprint density at radius 1 is 1.19 bits per heavy atom. The number of rotatable bonds is 5. The maximum absolute atomic E-state index is 12.0.